The summed E-state index contributed by atoms with van der Waals surface area (Å²) in [6.07, 6.45) is 2.44. The molecule has 0 radical (unpaired) electrons. The molecule has 2 heterocycles. The number of rotatable bonds is 2. The van der Waals surface area contributed by atoms with Gasteiger partial charge in [0.1, 0.15) is 10.7 Å². The number of benzene rings is 1. The Bertz CT molecular complexity index is 613. The molecule has 118 valence electrons. The zero-order chi connectivity index (χ0) is 14.3. The van der Waals surface area contributed by atoms with Gasteiger partial charge >= 0.3 is 0 Å². The zero-order valence-electron chi connectivity index (χ0n) is 11.3. The fraction of sp³-hybridized carbons (Fsp3) is 0.538. The van der Waals surface area contributed by atoms with Gasteiger partial charge in [-0.15, -0.1) is 12.4 Å². The largest absolute Gasteiger partial charge is 0.315 e. The van der Waals surface area contributed by atoms with E-state index in [2.05, 4.69) is 5.32 Å². The number of nitrogens with one attached hydrogen (secondary N) is 1. The summed E-state index contributed by atoms with van der Waals surface area (Å²) in [5.74, 6) is -0.783. The number of nitrogens with zero attached hydrogens (tertiary/aromatic N) is 1. The molecular formula is C13H17Cl2FN2O2S. The van der Waals surface area contributed by atoms with Gasteiger partial charge in [-0.2, -0.15) is 4.31 Å². The van der Waals surface area contributed by atoms with E-state index in [1.54, 1.807) is 0 Å². The summed E-state index contributed by atoms with van der Waals surface area (Å²) >= 11 is 5.69. The average molecular weight is 355 g/mol. The first-order valence-corrected chi connectivity index (χ1v) is 8.51. The molecular weight excluding hydrogens is 338 g/mol. The Morgan fingerprint density at radius 2 is 1.95 bits per heavy atom. The van der Waals surface area contributed by atoms with E-state index >= 15 is 0 Å². The molecule has 0 aliphatic carbocycles. The normalized spacial score (nSPS) is 26.2. The molecule has 1 aromatic rings. The van der Waals surface area contributed by atoms with E-state index in [0.717, 1.165) is 31.9 Å². The molecule has 0 amide bonds. The van der Waals surface area contributed by atoms with Gasteiger partial charge in [0, 0.05) is 23.7 Å². The summed E-state index contributed by atoms with van der Waals surface area (Å²) in [4.78, 5) is -0.277. The van der Waals surface area contributed by atoms with Crippen molar-refractivity contribution in [2.24, 2.45) is 0 Å². The monoisotopic (exact) mass is 354 g/mol. The average Bonchev–Trinajstić information content (AvgIpc) is 2.63. The van der Waals surface area contributed by atoms with E-state index in [0.29, 0.717) is 6.54 Å². The smallest absolute Gasteiger partial charge is 0.246 e. The third-order valence-corrected chi connectivity index (χ3v) is 6.31. The predicted molar refractivity (Wildman–Crippen MR) is 82.0 cm³/mol. The van der Waals surface area contributed by atoms with Crippen molar-refractivity contribution < 1.29 is 12.8 Å². The van der Waals surface area contributed by atoms with Gasteiger partial charge in [-0.05, 0) is 44.0 Å². The second-order valence-electron chi connectivity index (χ2n) is 5.29. The summed E-state index contributed by atoms with van der Waals surface area (Å²) in [5.41, 5.74) is 0. The van der Waals surface area contributed by atoms with E-state index in [1.807, 2.05) is 0 Å². The van der Waals surface area contributed by atoms with Crippen LogP contribution in [0.4, 0.5) is 4.39 Å². The van der Waals surface area contributed by atoms with Crippen LogP contribution < -0.4 is 5.32 Å². The molecule has 2 fully saturated rings. The SMILES string of the molecule is Cl.O=S(=O)(c1ccc(Cl)cc1F)N1C2CCNCC1CC2. The zero-order valence-corrected chi connectivity index (χ0v) is 13.6. The highest BCUT2D eigenvalue weighted by Crippen LogP contribution is 2.34. The van der Waals surface area contributed by atoms with Crippen LogP contribution in [0.2, 0.25) is 5.02 Å². The molecule has 0 saturated carbocycles. The molecule has 0 spiro atoms. The van der Waals surface area contributed by atoms with E-state index in [9.17, 15) is 12.8 Å². The highest BCUT2D eigenvalue weighted by atomic mass is 35.5. The molecule has 1 N–H and O–H groups in total. The van der Waals surface area contributed by atoms with Crippen LogP contribution in [0.15, 0.2) is 23.1 Å². The Labute approximate surface area is 135 Å². The van der Waals surface area contributed by atoms with Crippen LogP contribution in [0, 0.1) is 5.82 Å². The lowest BCUT2D eigenvalue weighted by Gasteiger charge is -2.27. The lowest BCUT2D eigenvalue weighted by Crippen LogP contribution is -2.42. The summed E-state index contributed by atoms with van der Waals surface area (Å²) in [6, 6.07) is 3.60. The van der Waals surface area contributed by atoms with Gasteiger partial charge in [0.2, 0.25) is 10.0 Å². The van der Waals surface area contributed by atoms with E-state index in [4.69, 9.17) is 11.6 Å². The Balaban J connectivity index is 0.00000161. The van der Waals surface area contributed by atoms with Gasteiger partial charge in [0.15, 0.2) is 0 Å². The number of hydrogen-bond acceptors (Lipinski definition) is 3. The first-order chi connectivity index (χ1) is 9.50. The van der Waals surface area contributed by atoms with Gasteiger partial charge < -0.3 is 5.32 Å². The first kappa shape index (κ1) is 17.0. The van der Waals surface area contributed by atoms with E-state index < -0.39 is 15.8 Å². The lowest BCUT2D eigenvalue weighted by molar-refractivity contribution is 0.333. The van der Waals surface area contributed by atoms with E-state index in [-0.39, 0.29) is 34.4 Å². The van der Waals surface area contributed by atoms with Gasteiger partial charge in [0.05, 0.1) is 0 Å². The molecule has 2 atom stereocenters. The molecule has 1 aromatic carbocycles. The summed E-state index contributed by atoms with van der Waals surface area (Å²) in [5, 5.41) is 3.43. The minimum atomic E-state index is -3.81. The maximum Gasteiger partial charge on any atom is 0.246 e. The minimum absolute atomic E-state index is 0. The van der Waals surface area contributed by atoms with Crippen molar-refractivity contribution in [3.05, 3.63) is 29.0 Å². The highest BCUT2D eigenvalue weighted by molar-refractivity contribution is 7.89. The van der Waals surface area contributed by atoms with Crippen LogP contribution >= 0.6 is 24.0 Å². The van der Waals surface area contributed by atoms with Crippen molar-refractivity contribution in [2.75, 3.05) is 13.1 Å². The topological polar surface area (TPSA) is 49.4 Å². The van der Waals surface area contributed by atoms with Crippen molar-refractivity contribution in [3.63, 3.8) is 0 Å². The summed E-state index contributed by atoms with van der Waals surface area (Å²) in [6.45, 7) is 1.43. The number of sulfonamides is 1. The van der Waals surface area contributed by atoms with Crippen molar-refractivity contribution >= 4 is 34.0 Å². The maximum absolute atomic E-state index is 14.0. The Morgan fingerprint density at radius 1 is 1.24 bits per heavy atom. The van der Waals surface area contributed by atoms with Crippen LogP contribution in [0.3, 0.4) is 0 Å². The van der Waals surface area contributed by atoms with Crippen molar-refractivity contribution in [3.8, 4) is 0 Å². The molecule has 8 heteroatoms. The van der Waals surface area contributed by atoms with E-state index in [1.165, 1.54) is 16.4 Å². The fourth-order valence-electron chi connectivity index (χ4n) is 3.13. The van der Waals surface area contributed by atoms with Crippen LogP contribution in [-0.2, 0) is 10.0 Å². The van der Waals surface area contributed by atoms with Crippen LogP contribution in [-0.4, -0.2) is 37.9 Å². The third-order valence-electron chi connectivity index (χ3n) is 4.04. The fourth-order valence-corrected chi connectivity index (χ4v) is 5.24. The molecule has 2 saturated heterocycles. The van der Waals surface area contributed by atoms with Gasteiger partial charge in [-0.3, -0.25) is 0 Å². The molecule has 3 rings (SSSR count). The molecule has 2 aliphatic heterocycles. The quantitative estimate of drug-likeness (QED) is 0.887. The van der Waals surface area contributed by atoms with Crippen molar-refractivity contribution in [1.82, 2.24) is 9.62 Å². The molecule has 2 aliphatic rings. The maximum atomic E-state index is 14.0. The first-order valence-electron chi connectivity index (χ1n) is 6.69. The van der Waals surface area contributed by atoms with Gasteiger partial charge in [0.25, 0.3) is 0 Å². The molecule has 2 unspecified atom stereocenters. The number of fused-ring (bicyclic) bond motifs is 2. The summed E-state index contributed by atoms with van der Waals surface area (Å²) < 4.78 is 41.0. The summed E-state index contributed by atoms with van der Waals surface area (Å²) in [7, 11) is -3.81. The van der Waals surface area contributed by atoms with Crippen LogP contribution in [0.5, 0.6) is 0 Å². The second kappa shape index (κ2) is 6.38. The Kier molecular flexibility index (Phi) is 5.15. The van der Waals surface area contributed by atoms with Gasteiger partial charge in [-0.1, -0.05) is 11.6 Å². The standard InChI is InChI=1S/C13H16ClFN2O2S.ClH/c14-9-1-4-13(12(15)7-9)20(18,19)17-10-2-3-11(17)8-16-6-5-10;/h1,4,7,10-11,16H,2-3,5-6,8H2;1H. The van der Waals surface area contributed by atoms with Crippen LogP contribution in [0.1, 0.15) is 19.3 Å². The number of hydrogen-bond donors (Lipinski definition) is 1. The molecule has 0 aromatic heterocycles. The second-order valence-corrected chi connectivity index (χ2v) is 7.54. The number of halogens is 3. The Morgan fingerprint density at radius 3 is 2.67 bits per heavy atom. The highest BCUT2D eigenvalue weighted by Gasteiger charge is 2.43. The van der Waals surface area contributed by atoms with Crippen molar-refractivity contribution in [1.29, 1.82) is 0 Å². The predicted octanol–water partition coefficient (Wildman–Crippen LogP) is 2.42. The minimum Gasteiger partial charge on any atom is -0.315 e. The molecule has 4 nitrogen and oxygen atoms in total. The molecule has 2 bridgehead atoms. The van der Waals surface area contributed by atoms with Crippen LogP contribution in [0.25, 0.3) is 0 Å². The third kappa shape index (κ3) is 3.05. The molecule has 21 heavy (non-hydrogen) atoms. The van der Waals surface area contributed by atoms with Gasteiger partial charge in [-0.25, -0.2) is 12.8 Å². The Hall–Kier alpha value is -0.400. The lowest BCUT2D eigenvalue weighted by atomic mass is 10.1. The van der Waals surface area contributed by atoms with Crippen molar-refractivity contribution in [2.45, 2.75) is 36.2 Å².